The maximum absolute atomic E-state index is 12.9. The zero-order valence-corrected chi connectivity index (χ0v) is 19.7. The largest absolute Gasteiger partial charge is 0.355 e. The first-order chi connectivity index (χ1) is 15.5. The normalized spacial score (nSPS) is 12.1. The fourth-order valence-electron chi connectivity index (χ4n) is 4.13. The number of hydrogen-bond acceptors (Lipinski definition) is 2. The summed E-state index contributed by atoms with van der Waals surface area (Å²) >= 11 is 0. The lowest BCUT2D eigenvalue weighted by Crippen LogP contribution is -2.06. The molecule has 0 aliphatic heterocycles. The summed E-state index contributed by atoms with van der Waals surface area (Å²) in [5.74, 6) is 0.291. The maximum Gasteiger partial charge on any atom is 0.209 e. The summed E-state index contributed by atoms with van der Waals surface area (Å²) in [4.78, 5) is 32.2. The second-order valence-corrected chi connectivity index (χ2v) is 8.78. The predicted octanol–water partition coefficient (Wildman–Crippen LogP) is 7.36. The minimum atomic E-state index is 0.00170. The van der Waals surface area contributed by atoms with Gasteiger partial charge in [0.1, 0.15) is 0 Å². The monoisotopic (exact) mass is 432 g/mol. The molecule has 170 valence electrons. The van der Waals surface area contributed by atoms with Crippen molar-refractivity contribution in [2.75, 3.05) is 0 Å². The first kappa shape index (κ1) is 23.8. The van der Waals surface area contributed by atoms with Gasteiger partial charge in [-0.15, -0.1) is 0 Å². The number of aromatic amines is 2. The summed E-state index contributed by atoms with van der Waals surface area (Å²) < 4.78 is 0. The second-order valence-electron chi connectivity index (χ2n) is 8.78. The van der Waals surface area contributed by atoms with E-state index in [1.807, 2.05) is 55.5 Å². The molecule has 2 N–H and O–H groups in total. The molecular formula is C28H36N2O2. The van der Waals surface area contributed by atoms with Gasteiger partial charge in [0, 0.05) is 29.3 Å². The van der Waals surface area contributed by atoms with E-state index in [4.69, 9.17) is 0 Å². The number of benzene rings is 1. The number of carbonyl (C=O) groups excluding carboxylic acids is 2. The molecule has 1 unspecified atom stereocenters. The van der Waals surface area contributed by atoms with Crippen LogP contribution in [0.1, 0.15) is 115 Å². The fraction of sp³-hybridized carbons (Fsp3) is 0.429. The molecule has 0 amide bonds. The first-order valence-corrected chi connectivity index (χ1v) is 12.1. The van der Waals surface area contributed by atoms with Crippen LogP contribution in [0.5, 0.6) is 0 Å². The van der Waals surface area contributed by atoms with Crippen LogP contribution in [0.3, 0.4) is 0 Å². The first-order valence-electron chi connectivity index (χ1n) is 12.1. The Morgan fingerprint density at radius 1 is 0.750 bits per heavy atom. The summed E-state index contributed by atoms with van der Waals surface area (Å²) in [6, 6.07) is 15.5. The minimum absolute atomic E-state index is 0.00170. The maximum atomic E-state index is 12.9. The van der Waals surface area contributed by atoms with E-state index in [0.29, 0.717) is 23.4 Å². The zero-order valence-electron chi connectivity index (χ0n) is 19.7. The lowest BCUT2D eigenvalue weighted by molar-refractivity contribution is 0.0974. The fourth-order valence-corrected chi connectivity index (χ4v) is 4.13. The number of hydrogen-bond donors (Lipinski definition) is 2. The van der Waals surface area contributed by atoms with Crippen molar-refractivity contribution in [3.8, 4) is 0 Å². The van der Waals surface area contributed by atoms with Gasteiger partial charge < -0.3 is 9.97 Å². The quantitative estimate of drug-likeness (QED) is 0.219. The molecular weight excluding hydrogens is 396 g/mol. The van der Waals surface area contributed by atoms with E-state index >= 15 is 0 Å². The average Bonchev–Trinajstić information content (AvgIpc) is 3.47. The molecule has 3 rings (SSSR count). The smallest absolute Gasteiger partial charge is 0.209 e. The summed E-state index contributed by atoms with van der Waals surface area (Å²) in [7, 11) is 0. The molecule has 0 bridgehead atoms. The van der Waals surface area contributed by atoms with Crippen molar-refractivity contribution in [2.24, 2.45) is 0 Å². The Balaban J connectivity index is 1.80. The highest BCUT2D eigenvalue weighted by Crippen LogP contribution is 2.30. The van der Waals surface area contributed by atoms with Crippen LogP contribution in [0.4, 0.5) is 0 Å². The summed E-state index contributed by atoms with van der Waals surface area (Å²) in [5, 5.41) is 0. The van der Waals surface area contributed by atoms with Gasteiger partial charge in [0.25, 0.3) is 0 Å². The van der Waals surface area contributed by atoms with Gasteiger partial charge in [0.15, 0.2) is 5.78 Å². The van der Waals surface area contributed by atoms with Crippen molar-refractivity contribution in [3.05, 3.63) is 82.4 Å². The van der Waals surface area contributed by atoms with Crippen LogP contribution in [-0.4, -0.2) is 21.5 Å². The van der Waals surface area contributed by atoms with Crippen molar-refractivity contribution >= 4 is 11.6 Å². The molecule has 32 heavy (non-hydrogen) atoms. The molecule has 0 saturated carbocycles. The zero-order chi connectivity index (χ0) is 22.9. The Morgan fingerprint density at radius 3 is 2.00 bits per heavy atom. The molecule has 0 aliphatic carbocycles. The van der Waals surface area contributed by atoms with Crippen LogP contribution in [0.25, 0.3) is 0 Å². The third-order valence-corrected chi connectivity index (χ3v) is 6.13. The second kappa shape index (κ2) is 11.7. The van der Waals surface area contributed by atoms with Crippen LogP contribution >= 0.6 is 0 Å². The molecule has 1 aromatic carbocycles. The molecule has 0 radical (unpaired) electrons. The SMILES string of the molecule is CCCCCC(=O)c1ccc(C(CCCCC)c2ccc(C(=O)c3ccc(C)cc3)[nH]2)[nH]1. The van der Waals surface area contributed by atoms with Crippen molar-refractivity contribution in [2.45, 2.75) is 78.1 Å². The van der Waals surface area contributed by atoms with Gasteiger partial charge in [0.2, 0.25) is 5.78 Å². The number of unbranched alkanes of at least 4 members (excludes halogenated alkanes) is 4. The Kier molecular flexibility index (Phi) is 8.66. The lowest BCUT2D eigenvalue weighted by Gasteiger charge is -2.15. The summed E-state index contributed by atoms with van der Waals surface area (Å²) in [6.45, 7) is 6.36. The van der Waals surface area contributed by atoms with Crippen LogP contribution in [0.2, 0.25) is 0 Å². The standard InChI is InChI=1S/C28H36N2O2/c1-4-6-8-10-22(23-16-18-25(29-23)27(31)11-9-7-5-2)24-17-19-26(30-24)28(32)21-14-12-20(3)13-15-21/h12-19,22,29-30H,4-11H2,1-3H3. The van der Waals surface area contributed by atoms with Crippen molar-refractivity contribution < 1.29 is 9.59 Å². The van der Waals surface area contributed by atoms with Crippen LogP contribution in [-0.2, 0) is 0 Å². The number of aryl methyl sites for hydroxylation is 1. The van der Waals surface area contributed by atoms with Gasteiger partial charge in [-0.2, -0.15) is 0 Å². The molecule has 4 nitrogen and oxygen atoms in total. The van der Waals surface area contributed by atoms with Gasteiger partial charge in [-0.1, -0.05) is 75.8 Å². The minimum Gasteiger partial charge on any atom is -0.355 e. The van der Waals surface area contributed by atoms with Gasteiger partial charge in [-0.05, 0) is 44.0 Å². The highest BCUT2D eigenvalue weighted by atomic mass is 16.1. The summed E-state index contributed by atoms with van der Waals surface area (Å²) in [5.41, 5.74) is 5.17. The summed E-state index contributed by atoms with van der Waals surface area (Å²) in [6.07, 6.45) is 8.10. The number of H-pyrrole nitrogens is 2. The highest BCUT2D eigenvalue weighted by molar-refractivity contribution is 6.07. The molecule has 0 spiro atoms. The number of nitrogens with one attached hydrogen (secondary N) is 2. The Bertz CT molecular complexity index is 1010. The van der Waals surface area contributed by atoms with E-state index in [2.05, 4.69) is 23.8 Å². The number of aromatic nitrogens is 2. The number of Topliss-reactive ketones (excluding diaryl/α,β-unsaturated/α-hetero) is 1. The van der Waals surface area contributed by atoms with Crippen molar-refractivity contribution in [3.63, 3.8) is 0 Å². The van der Waals surface area contributed by atoms with Crippen LogP contribution in [0.15, 0.2) is 48.5 Å². The van der Waals surface area contributed by atoms with Crippen LogP contribution < -0.4 is 0 Å². The van der Waals surface area contributed by atoms with E-state index in [1.54, 1.807) is 0 Å². The highest BCUT2D eigenvalue weighted by Gasteiger charge is 2.21. The van der Waals surface area contributed by atoms with Gasteiger partial charge >= 0.3 is 0 Å². The van der Waals surface area contributed by atoms with Crippen molar-refractivity contribution in [1.29, 1.82) is 0 Å². The Morgan fingerprint density at radius 2 is 1.34 bits per heavy atom. The Hall–Kier alpha value is -2.88. The molecule has 2 heterocycles. The predicted molar refractivity (Wildman–Crippen MR) is 131 cm³/mol. The van der Waals surface area contributed by atoms with Crippen LogP contribution in [0, 0.1) is 6.92 Å². The number of carbonyl (C=O) groups is 2. The topological polar surface area (TPSA) is 65.7 Å². The van der Waals surface area contributed by atoms with E-state index in [0.717, 1.165) is 61.9 Å². The molecule has 0 fully saturated rings. The third kappa shape index (κ3) is 6.09. The number of ketones is 2. The lowest BCUT2D eigenvalue weighted by atomic mass is 9.95. The molecule has 0 saturated heterocycles. The molecule has 4 heteroatoms. The molecule has 1 atom stereocenters. The number of rotatable bonds is 13. The van der Waals surface area contributed by atoms with E-state index < -0.39 is 0 Å². The average molecular weight is 433 g/mol. The third-order valence-electron chi connectivity index (χ3n) is 6.13. The van der Waals surface area contributed by atoms with Gasteiger partial charge in [-0.3, -0.25) is 9.59 Å². The molecule has 0 aliphatic rings. The van der Waals surface area contributed by atoms with Crippen molar-refractivity contribution in [1.82, 2.24) is 9.97 Å². The van der Waals surface area contributed by atoms with Gasteiger partial charge in [0.05, 0.1) is 11.4 Å². The van der Waals surface area contributed by atoms with E-state index in [1.165, 1.54) is 0 Å². The van der Waals surface area contributed by atoms with E-state index in [-0.39, 0.29) is 17.5 Å². The molecule has 3 aromatic rings. The molecule has 2 aromatic heterocycles. The van der Waals surface area contributed by atoms with E-state index in [9.17, 15) is 9.59 Å². The Labute approximate surface area is 191 Å². The van der Waals surface area contributed by atoms with Gasteiger partial charge in [-0.25, -0.2) is 0 Å².